The van der Waals surface area contributed by atoms with Crippen LogP contribution in [0.25, 0.3) is 11.1 Å². The van der Waals surface area contributed by atoms with Gasteiger partial charge in [-0.25, -0.2) is 4.98 Å². The summed E-state index contributed by atoms with van der Waals surface area (Å²) in [6, 6.07) is 20.3. The van der Waals surface area contributed by atoms with Crippen molar-refractivity contribution in [3.8, 4) is 17.0 Å². The van der Waals surface area contributed by atoms with Crippen LogP contribution >= 0.6 is 12.4 Å². The minimum absolute atomic E-state index is 0. The van der Waals surface area contributed by atoms with Gasteiger partial charge in [0, 0.05) is 24.4 Å². The van der Waals surface area contributed by atoms with Crippen LogP contribution in [-0.4, -0.2) is 4.98 Å². The fourth-order valence-corrected chi connectivity index (χ4v) is 2.46. The van der Waals surface area contributed by atoms with Crippen LogP contribution in [0.3, 0.4) is 0 Å². The lowest BCUT2D eigenvalue weighted by Crippen LogP contribution is -1.98. The standard InChI is InChI=1S/C20H20N2O.ClH/c1-15-7-8-17(12-21)11-19(15)18-9-10-20(22-13-18)23-14-16-5-3-2-4-6-16;/h2-11,13H,12,14,21H2,1H3;1H. The normalized spacial score (nSPS) is 10.1. The van der Waals surface area contributed by atoms with Gasteiger partial charge in [-0.2, -0.15) is 0 Å². The van der Waals surface area contributed by atoms with Gasteiger partial charge in [-0.3, -0.25) is 0 Å². The summed E-state index contributed by atoms with van der Waals surface area (Å²) in [6.45, 7) is 3.16. The number of hydrogen-bond donors (Lipinski definition) is 1. The maximum atomic E-state index is 5.73. The Hall–Kier alpha value is -2.36. The van der Waals surface area contributed by atoms with E-state index in [4.69, 9.17) is 10.5 Å². The van der Waals surface area contributed by atoms with Crippen LogP contribution in [0.4, 0.5) is 0 Å². The zero-order valence-corrected chi connectivity index (χ0v) is 14.4. The van der Waals surface area contributed by atoms with Gasteiger partial charge in [0.25, 0.3) is 0 Å². The molecule has 2 N–H and O–H groups in total. The zero-order chi connectivity index (χ0) is 16.1. The Bertz CT molecular complexity index is 773. The number of nitrogens with zero attached hydrogens (tertiary/aromatic N) is 1. The first-order chi connectivity index (χ1) is 11.3. The molecule has 0 amide bonds. The Kier molecular flexibility index (Phi) is 6.36. The number of pyridine rings is 1. The van der Waals surface area contributed by atoms with Gasteiger partial charge in [-0.1, -0.05) is 42.5 Å². The smallest absolute Gasteiger partial charge is 0.213 e. The molecule has 4 heteroatoms. The lowest BCUT2D eigenvalue weighted by atomic mass is 9.99. The van der Waals surface area contributed by atoms with Crippen LogP contribution in [0.5, 0.6) is 5.88 Å². The summed E-state index contributed by atoms with van der Waals surface area (Å²) in [4.78, 5) is 4.41. The van der Waals surface area contributed by atoms with Crippen molar-refractivity contribution < 1.29 is 4.74 Å². The van der Waals surface area contributed by atoms with E-state index in [1.54, 1.807) is 0 Å². The van der Waals surface area contributed by atoms with Crippen LogP contribution in [0.2, 0.25) is 0 Å². The van der Waals surface area contributed by atoms with Crippen molar-refractivity contribution in [2.75, 3.05) is 0 Å². The molecule has 24 heavy (non-hydrogen) atoms. The molecule has 124 valence electrons. The lowest BCUT2D eigenvalue weighted by molar-refractivity contribution is 0.294. The van der Waals surface area contributed by atoms with Crippen molar-refractivity contribution in [3.05, 3.63) is 83.6 Å². The molecule has 3 aromatic rings. The Labute approximate surface area is 148 Å². The number of ether oxygens (including phenoxy) is 1. The second kappa shape index (κ2) is 8.48. The molecule has 0 aliphatic heterocycles. The van der Waals surface area contributed by atoms with Crippen molar-refractivity contribution in [2.24, 2.45) is 5.73 Å². The van der Waals surface area contributed by atoms with Gasteiger partial charge < -0.3 is 10.5 Å². The highest BCUT2D eigenvalue weighted by atomic mass is 35.5. The van der Waals surface area contributed by atoms with E-state index in [0.717, 1.165) is 22.3 Å². The molecular formula is C20H21ClN2O. The number of nitrogens with two attached hydrogens (primary N) is 1. The first-order valence-electron chi connectivity index (χ1n) is 7.69. The van der Waals surface area contributed by atoms with Crippen LogP contribution < -0.4 is 10.5 Å². The molecule has 0 spiro atoms. The minimum atomic E-state index is 0. The second-order valence-electron chi connectivity index (χ2n) is 5.51. The monoisotopic (exact) mass is 340 g/mol. The fourth-order valence-electron chi connectivity index (χ4n) is 2.46. The van der Waals surface area contributed by atoms with Crippen molar-refractivity contribution in [3.63, 3.8) is 0 Å². The van der Waals surface area contributed by atoms with Gasteiger partial charge in [-0.05, 0) is 41.3 Å². The first-order valence-corrected chi connectivity index (χ1v) is 7.69. The van der Waals surface area contributed by atoms with E-state index < -0.39 is 0 Å². The molecule has 0 aliphatic rings. The largest absolute Gasteiger partial charge is 0.473 e. The number of halogens is 1. The van der Waals surface area contributed by atoms with E-state index in [-0.39, 0.29) is 12.4 Å². The third-order valence-corrected chi connectivity index (χ3v) is 3.81. The lowest BCUT2D eigenvalue weighted by Gasteiger charge is -2.09. The van der Waals surface area contributed by atoms with Crippen LogP contribution in [-0.2, 0) is 13.2 Å². The van der Waals surface area contributed by atoms with Gasteiger partial charge in [0.05, 0.1) is 0 Å². The Balaban J connectivity index is 0.00000208. The van der Waals surface area contributed by atoms with E-state index in [2.05, 4.69) is 30.1 Å². The summed E-state index contributed by atoms with van der Waals surface area (Å²) in [5.41, 5.74) is 11.4. The number of benzene rings is 2. The summed E-state index contributed by atoms with van der Waals surface area (Å²) >= 11 is 0. The highest BCUT2D eigenvalue weighted by Crippen LogP contribution is 2.25. The van der Waals surface area contributed by atoms with Crippen molar-refractivity contribution in [1.29, 1.82) is 0 Å². The predicted octanol–water partition coefficient (Wildman–Crippen LogP) is 4.52. The zero-order valence-electron chi connectivity index (χ0n) is 13.6. The maximum absolute atomic E-state index is 5.73. The van der Waals surface area contributed by atoms with Crippen LogP contribution in [0.15, 0.2) is 66.9 Å². The molecule has 0 fully saturated rings. The van der Waals surface area contributed by atoms with Crippen molar-refractivity contribution in [1.82, 2.24) is 4.98 Å². The Morgan fingerprint density at radius 1 is 0.958 bits per heavy atom. The molecule has 2 aromatic carbocycles. The molecule has 1 heterocycles. The van der Waals surface area contributed by atoms with Gasteiger partial charge in [0.1, 0.15) is 6.61 Å². The molecule has 0 atom stereocenters. The third-order valence-electron chi connectivity index (χ3n) is 3.81. The van der Waals surface area contributed by atoms with Gasteiger partial charge in [-0.15, -0.1) is 12.4 Å². The molecule has 0 unspecified atom stereocenters. The number of rotatable bonds is 5. The van der Waals surface area contributed by atoms with Gasteiger partial charge in [0.15, 0.2) is 0 Å². The summed E-state index contributed by atoms with van der Waals surface area (Å²) < 4.78 is 5.73. The molecular weight excluding hydrogens is 320 g/mol. The molecule has 1 aromatic heterocycles. The number of hydrogen-bond acceptors (Lipinski definition) is 3. The van der Waals surface area contributed by atoms with E-state index in [1.165, 1.54) is 5.56 Å². The van der Waals surface area contributed by atoms with Crippen LogP contribution in [0.1, 0.15) is 16.7 Å². The molecule has 0 saturated heterocycles. The molecule has 3 rings (SSSR count). The summed E-state index contributed by atoms with van der Waals surface area (Å²) in [5.74, 6) is 0.630. The van der Waals surface area contributed by atoms with Gasteiger partial charge in [0.2, 0.25) is 5.88 Å². The Morgan fingerprint density at radius 3 is 2.42 bits per heavy atom. The summed E-state index contributed by atoms with van der Waals surface area (Å²) in [5, 5.41) is 0. The molecule has 0 bridgehead atoms. The van der Waals surface area contributed by atoms with Crippen LogP contribution in [0, 0.1) is 6.92 Å². The quantitative estimate of drug-likeness (QED) is 0.743. The average molecular weight is 341 g/mol. The van der Waals surface area contributed by atoms with Gasteiger partial charge >= 0.3 is 0 Å². The highest BCUT2D eigenvalue weighted by molar-refractivity contribution is 5.85. The Morgan fingerprint density at radius 2 is 1.75 bits per heavy atom. The third kappa shape index (κ3) is 4.34. The molecule has 0 aliphatic carbocycles. The topological polar surface area (TPSA) is 48.1 Å². The van der Waals surface area contributed by atoms with E-state index in [1.807, 2.05) is 48.7 Å². The minimum Gasteiger partial charge on any atom is -0.473 e. The highest BCUT2D eigenvalue weighted by Gasteiger charge is 2.05. The summed E-state index contributed by atoms with van der Waals surface area (Å²) in [7, 11) is 0. The summed E-state index contributed by atoms with van der Waals surface area (Å²) in [6.07, 6.45) is 1.85. The van der Waals surface area contributed by atoms with Crippen molar-refractivity contribution in [2.45, 2.75) is 20.1 Å². The number of aryl methyl sites for hydroxylation is 1. The first kappa shape index (κ1) is 18.0. The molecule has 0 saturated carbocycles. The SMILES string of the molecule is Cc1ccc(CN)cc1-c1ccc(OCc2ccccc2)nc1.Cl. The van der Waals surface area contributed by atoms with E-state index in [0.29, 0.717) is 19.0 Å². The molecule has 0 radical (unpaired) electrons. The maximum Gasteiger partial charge on any atom is 0.213 e. The second-order valence-corrected chi connectivity index (χ2v) is 5.51. The fraction of sp³-hybridized carbons (Fsp3) is 0.150. The van der Waals surface area contributed by atoms with Crippen molar-refractivity contribution >= 4 is 12.4 Å². The average Bonchev–Trinajstić information content (AvgIpc) is 2.62. The van der Waals surface area contributed by atoms with E-state index in [9.17, 15) is 0 Å². The predicted molar refractivity (Wildman–Crippen MR) is 100 cm³/mol. The number of aromatic nitrogens is 1. The van der Waals surface area contributed by atoms with E-state index >= 15 is 0 Å². The molecule has 3 nitrogen and oxygen atoms in total.